The van der Waals surface area contributed by atoms with E-state index in [1.807, 2.05) is 12.3 Å². The highest BCUT2D eigenvalue weighted by atomic mass is 15.3. The monoisotopic (exact) mass is 282 g/mol. The Hall–Kier alpha value is -2.10. The predicted molar refractivity (Wildman–Crippen MR) is 87.2 cm³/mol. The number of para-hydroxylation sites is 1. The van der Waals surface area contributed by atoms with Gasteiger partial charge in [-0.3, -0.25) is 0 Å². The van der Waals surface area contributed by atoms with Crippen LogP contribution in [0.25, 0.3) is 0 Å². The van der Waals surface area contributed by atoms with Crippen molar-refractivity contribution >= 4 is 17.5 Å². The largest absolute Gasteiger partial charge is 0.352 e. The summed E-state index contributed by atoms with van der Waals surface area (Å²) < 4.78 is 0. The van der Waals surface area contributed by atoms with Gasteiger partial charge < -0.3 is 10.2 Å². The molecule has 0 radical (unpaired) electrons. The van der Waals surface area contributed by atoms with E-state index in [0.29, 0.717) is 18.0 Å². The third-order valence-corrected chi connectivity index (χ3v) is 4.08. The molecule has 3 rings (SSSR count). The Morgan fingerprint density at radius 3 is 2.95 bits per heavy atom. The van der Waals surface area contributed by atoms with E-state index in [1.165, 1.54) is 11.3 Å². The fraction of sp³-hybridized carbons (Fsp3) is 0.412. The zero-order valence-corrected chi connectivity index (χ0v) is 12.9. The fourth-order valence-corrected chi connectivity index (χ4v) is 2.79. The summed E-state index contributed by atoms with van der Waals surface area (Å²) in [5.74, 6) is 1.67. The van der Waals surface area contributed by atoms with E-state index < -0.39 is 0 Å². The first kappa shape index (κ1) is 13.9. The predicted octanol–water partition coefficient (Wildman–Crippen LogP) is 3.77. The summed E-state index contributed by atoms with van der Waals surface area (Å²) in [6.45, 7) is 6.54. The van der Waals surface area contributed by atoms with E-state index in [1.54, 1.807) is 0 Å². The average Bonchev–Trinajstić information content (AvgIpc) is 2.83. The standard InChI is InChI=1S/C17H22N4/c1-4-12(2)19-17-18-10-9-16(20-17)21-13(3)11-14-7-5-6-8-15(14)21/h5-10,12-13H,4,11H2,1-3H3,(H,18,19,20). The summed E-state index contributed by atoms with van der Waals surface area (Å²) >= 11 is 0. The maximum absolute atomic E-state index is 4.70. The molecule has 2 aromatic rings. The third-order valence-electron chi connectivity index (χ3n) is 4.08. The maximum Gasteiger partial charge on any atom is 0.224 e. The van der Waals surface area contributed by atoms with Gasteiger partial charge in [0.05, 0.1) is 0 Å². The van der Waals surface area contributed by atoms with E-state index in [9.17, 15) is 0 Å². The van der Waals surface area contributed by atoms with Crippen LogP contribution in [0.1, 0.15) is 32.8 Å². The Balaban J connectivity index is 1.92. The highest BCUT2D eigenvalue weighted by molar-refractivity contribution is 5.69. The lowest BCUT2D eigenvalue weighted by Gasteiger charge is -2.24. The summed E-state index contributed by atoms with van der Waals surface area (Å²) in [5.41, 5.74) is 2.65. The summed E-state index contributed by atoms with van der Waals surface area (Å²) in [6.07, 6.45) is 3.95. The Labute approximate surface area is 126 Å². The average molecular weight is 282 g/mol. The van der Waals surface area contributed by atoms with Crippen LogP contribution in [0.4, 0.5) is 17.5 Å². The van der Waals surface area contributed by atoms with Crippen molar-refractivity contribution in [1.29, 1.82) is 0 Å². The molecule has 0 aliphatic carbocycles. The van der Waals surface area contributed by atoms with Crippen molar-refractivity contribution in [2.24, 2.45) is 0 Å². The summed E-state index contributed by atoms with van der Waals surface area (Å²) in [6, 6.07) is 11.3. The maximum atomic E-state index is 4.70. The molecule has 1 aromatic carbocycles. The van der Waals surface area contributed by atoms with Crippen molar-refractivity contribution < 1.29 is 0 Å². The zero-order chi connectivity index (χ0) is 14.8. The highest BCUT2D eigenvalue weighted by Crippen LogP contribution is 2.37. The lowest BCUT2D eigenvalue weighted by Crippen LogP contribution is -2.25. The second-order valence-corrected chi connectivity index (χ2v) is 5.74. The second kappa shape index (κ2) is 5.72. The first-order valence-electron chi connectivity index (χ1n) is 7.65. The lowest BCUT2D eigenvalue weighted by molar-refractivity contribution is 0.738. The number of hydrogen-bond donors (Lipinski definition) is 1. The van der Waals surface area contributed by atoms with Crippen LogP contribution in [0.3, 0.4) is 0 Å². The van der Waals surface area contributed by atoms with Gasteiger partial charge in [-0.2, -0.15) is 4.98 Å². The van der Waals surface area contributed by atoms with Gasteiger partial charge in [-0.1, -0.05) is 25.1 Å². The van der Waals surface area contributed by atoms with E-state index >= 15 is 0 Å². The molecular weight excluding hydrogens is 260 g/mol. The lowest BCUT2D eigenvalue weighted by atomic mass is 10.1. The van der Waals surface area contributed by atoms with Crippen LogP contribution in [0, 0.1) is 0 Å². The van der Waals surface area contributed by atoms with E-state index in [0.717, 1.165) is 18.7 Å². The number of nitrogens with zero attached hydrogens (tertiary/aromatic N) is 3. The molecule has 1 N–H and O–H groups in total. The number of anilines is 3. The van der Waals surface area contributed by atoms with Crippen LogP contribution in [-0.2, 0) is 6.42 Å². The Bertz CT molecular complexity index is 626. The highest BCUT2D eigenvalue weighted by Gasteiger charge is 2.27. The molecule has 4 heteroatoms. The molecule has 1 aromatic heterocycles. The van der Waals surface area contributed by atoms with Crippen LogP contribution in [0.5, 0.6) is 0 Å². The van der Waals surface area contributed by atoms with Gasteiger partial charge in [0.25, 0.3) is 0 Å². The third kappa shape index (κ3) is 2.71. The molecule has 0 bridgehead atoms. The van der Waals surface area contributed by atoms with Crippen molar-refractivity contribution in [2.75, 3.05) is 10.2 Å². The summed E-state index contributed by atoms with van der Waals surface area (Å²) in [7, 11) is 0. The van der Waals surface area contributed by atoms with Gasteiger partial charge in [0.15, 0.2) is 0 Å². The Morgan fingerprint density at radius 2 is 2.14 bits per heavy atom. The Morgan fingerprint density at radius 1 is 1.33 bits per heavy atom. The van der Waals surface area contributed by atoms with Crippen molar-refractivity contribution in [3.8, 4) is 0 Å². The quantitative estimate of drug-likeness (QED) is 0.926. The molecule has 0 fully saturated rings. The van der Waals surface area contributed by atoms with Gasteiger partial charge >= 0.3 is 0 Å². The molecule has 2 atom stereocenters. The van der Waals surface area contributed by atoms with Crippen molar-refractivity contribution in [1.82, 2.24) is 9.97 Å². The molecule has 0 saturated carbocycles. The first-order chi connectivity index (χ1) is 10.2. The van der Waals surface area contributed by atoms with Crippen molar-refractivity contribution in [3.63, 3.8) is 0 Å². The molecule has 1 aliphatic heterocycles. The summed E-state index contributed by atoms with van der Waals surface area (Å²) in [5, 5.41) is 3.35. The van der Waals surface area contributed by atoms with Gasteiger partial charge in [0, 0.05) is 24.0 Å². The smallest absolute Gasteiger partial charge is 0.224 e. The van der Waals surface area contributed by atoms with Gasteiger partial charge in [0.1, 0.15) is 5.82 Å². The van der Waals surface area contributed by atoms with Crippen LogP contribution >= 0.6 is 0 Å². The number of rotatable bonds is 4. The van der Waals surface area contributed by atoms with E-state index in [-0.39, 0.29) is 0 Å². The molecule has 0 spiro atoms. The van der Waals surface area contributed by atoms with Crippen LogP contribution in [0.15, 0.2) is 36.5 Å². The van der Waals surface area contributed by atoms with E-state index in [4.69, 9.17) is 4.98 Å². The number of aromatic nitrogens is 2. The minimum atomic E-state index is 0.378. The molecule has 2 unspecified atom stereocenters. The van der Waals surface area contributed by atoms with Gasteiger partial charge in [0.2, 0.25) is 5.95 Å². The molecule has 110 valence electrons. The Kier molecular flexibility index (Phi) is 3.78. The minimum absolute atomic E-state index is 0.378. The molecule has 4 nitrogen and oxygen atoms in total. The van der Waals surface area contributed by atoms with Gasteiger partial charge in [-0.15, -0.1) is 0 Å². The number of fused-ring (bicyclic) bond motifs is 1. The molecular formula is C17H22N4. The molecule has 1 aliphatic rings. The molecule has 2 heterocycles. The topological polar surface area (TPSA) is 41.1 Å². The van der Waals surface area contributed by atoms with Crippen LogP contribution in [-0.4, -0.2) is 22.1 Å². The van der Waals surface area contributed by atoms with Crippen molar-refractivity contribution in [3.05, 3.63) is 42.1 Å². The number of hydrogen-bond acceptors (Lipinski definition) is 4. The van der Waals surface area contributed by atoms with Crippen molar-refractivity contribution in [2.45, 2.75) is 45.7 Å². The zero-order valence-electron chi connectivity index (χ0n) is 12.9. The number of benzene rings is 1. The van der Waals surface area contributed by atoms with Crippen LogP contribution in [0.2, 0.25) is 0 Å². The first-order valence-corrected chi connectivity index (χ1v) is 7.65. The van der Waals surface area contributed by atoms with Crippen LogP contribution < -0.4 is 10.2 Å². The second-order valence-electron chi connectivity index (χ2n) is 5.74. The minimum Gasteiger partial charge on any atom is -0.352 e. The normalized spacial score (nSPS) is 18.4. The molecule has 21 heavy (non-hydrogen) atoms. The molecule has 0 amide bonds. The number of nitrogens with one attached hydrogen (secondary N) is 1. The van der Waals surface area contributed by atoms with Gasteiger partial charge in [-0.05, 0) is 44.4 Å². The summed E-state index contributed by atoms with van der Waals surface area (Å²) in [4.78, 5) is 11.3. The SMILES string of the molecule is CCC(C)Nc1nccc(N2c3ccccc3CC2C)n1. The fourth-order valence-electron chi connectivity index (χ4n) is 2.79. The van der Waals surface area contributed by atoms with E-state index in [2.05, 4.69) is 60.2 Å². The van der Waals surface area contributed by atoms with Gasteiger partial charge in [-0.25, -0.2) is 4.98 Å². The molecule has 0 saturated heterocycles.